The molecule has 1 N–H and O–H groups in total. The van der Waals surface area contributed by atoms with E-state index in [1.165, 1.54) is 6.08 Å². The van der Waals surface area contributed by atoms with Crippen LogP contribution in [0.3, 0.4) is 0 Å². The molecule has 1 amide bonds. The summed E-state index contributed by atoms with van der Waals surface area (Å²) in [6, 6.07) is 7.33. The summed E-state index contributed by atoms with van der Waals surface area (Å²) in [5.41, 5.74) is 2.29. The van der Waals surface area contributed by atoms with Crippen molar-refractivity contribution < 1.29 is 4.79 Å². The first kappa shape index (κ1) is 14.3. The van der Waals surface area contributed by atoms with E-state index < -0.39 is 0 Å². The minimum atomic E-state index is -0.255. The molecule has 0 aliphatic heterocycles. The van der Waals surface area contributed by atoms with Gasteiger partial charge < -0.3 is 5.32 Å². The van der Waals surface area contributed by atoms with Gasteiger partial charge in [0, 0.05) is 11.9 Å². The van der Waals surface area contributed by atoms with Gasteiger partial charge in [-0.1, -0.05) is 6.58 Å². The van der Waals surface area contributed by atoms with Crippen LogP contribution in [0.1, 0.15) is 0 Å². The van der Waals surface area contributed by atoms with Crippen LogP contribution in [0.15, 0.2) is 54.5 Å². The number of amides is 1. The van der Waals surface area contributed by atoms with E-state index in [4.69, 9.17) is 0 Å². The van der Waals surface area contributed by atoms with Gasteiger partial charge in [0.15, 0.2) is 0 Å². The van der Waals surface area contributed by atoms with Crippen LogP contribution in [0.25, 0.3) is 17.0 Å². The molecule has 0 unspecified atom stereocenters. The first-order valence-electron chi connectivity index (χ1n) is 6.49. The molecule has 22 heavy (non-hydrogen) atoms. The van der Waals surface area contributed by atoms with Gasteiger partial charge in [-0.2, -0.15) is 0 Å². The van der Waals surface area contributed by atoms with Crippen molar-refractivity contribution >= 4 is 34.4 Å². The van der Waals surface area contributed by atoms with E-state index in [2.05, 4.69) is 26.8 Å². The van der Waals surface area contributed by atoms with Gasteiger partial charge in [0.1, 0.15) is 11.4 Å². The van der Waals surface area contributed by atoms with E-state index in [-0.39, 0.29) is 5.91 Å². The maximum atomic E-state index is 11.3. The summed E-state index contributed by atoms with van der Waals surface area (Å²) in [4.78, 5) is 24.4. The van der Waals surface area contributed by atoms with E-state index in [9.17, 15) is 4.79 Å². The quantitative estimate of drug-likeness (QED) is 0.455. The average molecular weight is 311 g/mol. The first-order chi connectivity index (χ1) is 10.7. The molecule has 2 aromatic heterocycles. The molecule has 7 heteroatoms. The lowest BCUT2D eigenvalue weighted by molar-refractivity contribution is -0.111. The number of benzene rings is 1. The van der Waals surface area contributed by atoms with E-state index in [1.807, 2.05) is 23.0 Å². The number of hydrogen-bond donors (Lipinski definition) is 1. The third-order valence-electron chi connectivity index (χ3n) is 3.04. The highest BCUT2D eigenvalue weighted by Crippen LogP contribution is 2.21. The Hall–Kier alpha value is -2.67. The SMILES string of the molecule is C=CC(=O)Nc1ccc2c(c1)ncn2-c1nccc(SC)n1. The van der Waals surface area contributed by atoms with E-state index >= 15 is 0 Å². The highest BCUT2D eigenvalue weighted by atomic mass is 32.2. The summed E-state index contributed by atoms with van der Waals surface area (Å²) in [6.45, 7) is 3.43. The molecular formula is C15H13N5OS. The second kappa shape index (κ2) is 5.98. The summed E-state index contributed by atoms with van der Waals surface area (Å²) in [5, 5.41) is 3.60. The summed E-state index contributed by atoms with van der Waals surface area (Å²) in [7, 11) is 0. The summed E-state index contributed by atoms with van der Waals surface area (Å²) in [5.74, 6) is 0.312. The third kappa shape index (κ3) is 2.71. The van der Waals surface area contributed by atoms with Gasteiger partial charge in [-0.15, -0.1) is 11.8 Å². The molecular weight excluding hydrogens is 298 g/mol. The Morgan fingerprint density at radius 2 is 2.23 bits per heavy atom. The molecule has 1 aromatic carbocycles. The Morgan fingerprint density at radius 3 is 3.00 bits per heavy atom. The van der Waals surface area contributed by atoms with Crippen molar-refractivity contribution in [2.75, 3.05) is 11.6 Å². The molecule has 0 atom stereocenters. The number of anilines is 1. The molecule has 0 aliphatic carbocycles. The maximum absolute atomic E-state index is 11.3. The van der Waals surface area contributed by atoms with Gasteiger partial charge in [-0.05, 0) is 36.6 Å². The minimum Gasteiger partial charge on any atom is -0.322 e. The Labute approximate surface area is 131 Å². The molecule has 6 nitrogen and oxygen atoms in total. The molecule has 110 valence electrons. The normalized spacial score (nSPS) is 10.6. The molecule has 3 aromatic rings. The first-order valence-corrected chi connectivity index (χ1v) is 7.71. The van der Waals surface area contributed by atoms with Gasteiger partial charge in [-0.3, -0.25) is 9.36 Å². The van der Waals surface area contributed by atoms with E-state index in [0.29, 0.717) is 11.6 Å². The van der Waals surface area contributed by atoms with Gasteiger partial charge in [0.2, 0.25) is 11.9 Å². The number of aromatic nitrogens is 4. The van der Waals surface area contributed by atoms with Crippen LogP contribution in [0.4, 0.5) is 5.69 Å². The summed E-state index contributed by atoms with van der Waals surface area (Å²) in [6.07, 6.45) is 6.58. The molecule has 0 saturated heterocycles. The number of carbonyl (C=O) groups is 1. The van der Waals surface area contributed by atoms with Gasteiger partial charge >= 0.3 is 0 Å². The fraction of sp³-hybridized carbons (Fsp3) is 0.0667. The summed E-state index contributed by atoms with van der Waals surface area (Å²) < 4.78 is 1.81. The standard InChI is InChI=1S/C15H13N5OS/c1-3-13(21)18-10-4-5-12-11(8-10)17-9-20(12)15-16-7-6-14(19-15)22-2/h3-9H,1H2,2H3,(H,18,21). The molecule has 2 heterocycles. The second-order valence-corrected chi connectivity index (χ2v) is 5.24. The van der Waals surface area contributed by atoms with Crippen LogP contribution < -0.4 is 5.32 Å². The van der Waals surface area contributed by atoms with Crippen molar-refractivity contribution in [1.29, 1.82) is 0 Å². The smallest absolute Gasteiger partial charge is 0.247 e. The van der Waals surface area contributed by atoms with Crippen LogP contribution in [0.5, 0.6) is 0 Å². The van der Waals surface area contributed by atoms with Crippen molar-refractivity contribution in [1.82, 2.24) is 19.5 Å². The molecule has 3 rings (SSSR count). The second-order valence-electron chi connectivity index (χ2n) is 4.41. The molecule has 0 aliphatic rings. The molecule has 0 bridgehead atoms. The van der Waals surface area contributed by atoms with Crippen molar-refractivity contribution in [3.05, 3.63) is 49.4 Å². The number of nitrogens with zero attached hydrogens (tertiary/aromatic N) is 4. The predicted molar refractivity (Wildman–Crippen MR) is 87.3 cm³/mol. The van der Waals surface area contributed by atoms with E-state index in [1.54, 1.807) is 36.4 Å². The zero-order valence-corrected chi connectivity index (χ0v) is 12.7. The Morgan fingerprint density at radius 1 is 1.36 bits per heavy atom. The van der Waals surface area contributed by atoms with Crippen molar-refractivity contribution in [3.8, 4) is 5.95 Å². The third-order valence-corrected chi connectivity index (χ3v) is 3.69. The number of hydrogen-bond acceptors (Lipinski definition) is 5. The number of carbonyl (C=O) groups excluding carboxylic acids is 1. The Bertz CT molecular complexity index is 858. The zero-order valence-electron chi connectivity index (χ0n) is 11.9. The Kier molecular flexibility index (Phi) is 3.88. The number of rotatable bonds is 4. The van der Waals surface area contributed by atoms with Crippen LogP contribution in [-0.2, 0) is 4.79 Å². The van der Waals surface area contributed by atoms with Crippen LogP contribution in [-0.4, -0.2) is 31.7 Å². The fourth-order valence-electron chi connectivity index (χ4n) is 2.01. The van der Waals surface area contributed by atoms with E-state index in [0.717, 1.165) is 16.1 Å². The molecule has 0 fully saturated rings. The molecule has 0 spiro atoms. The molecule has 0 saturated carbocycles. The topological polar surface area (TPSA) is 72.7 Å². The molecule has 0 radical (unpaired) electrons. The highest BCUT2D eigenvalue weighted by Gasteiger charge is 2.09. The monoisotopic (exact) mass is 311 g/mol. The lowest BCUT2D eigenvalue weighted by Crippen LogP contribution is -2.07. The lowest BCUT2D eigenvalue weighted by atomic mass is 10.2. The van der Waals surface area contributed by atoms with Crippen molar-refractivity contribution in [3.63, 3.8) is 0 Å². The van der Waals surface area contributed by atoms with Crippen LogP contribution in [0.2, 0.25) is 0 Å². The number of nitrogens with one attached hydrogen (secondary N) is 1. The zero-order chi connectivity index (χ0) is 15.5. The van der Waals surface area contributed by atoms with Gasteiger partial charge in [-0.25, -0.2) is 15.0 Å². The summed E-state index contributed by atoms with van der Waals surface area (Å²) >= 11 is 1.56. The number of thioether (sulfide) groups is 1. The fourth-order valence-corrected chi connectivity index (χ4v) is 2.38. The van der Waals surface area contributed by atoms with Crippen LogP contribution >= 0.6 is 11.8 Å². The number of fused-ring (bicyclic) bond motifs is 1. The highest BCUT2D eigenvalue weighted by molar-refractivity contribution is 7.98. The van der Waals surface area contributed by atoms with Crippen LogP contribution in [0, 0.1) is 0 Å². The largest absolute Gasteiger partial charge is 0.322 e. The Balaban J connectivity index is 2.01. The minimum absolute atomic E-state index is 0.255. The number of imidazole rings is 1. The average Bonchev–Trinajstić information content (AvgIpc) is 2.98. The lowest BCUT2D eigenvalue weighted by Gasteiger charge is -2.05. The predicted octanol–water partition coefficient (Wildman–Crippen LogP) is 2.66. The van der Waals surface area contributed by atoms with Crippen molar-refractivity contribution in [2.45, 2.75) is 5.03 Å². The van der Waals surface area contributed by atoms with Gasteiger partial charge in [0.25, 0.3) is 0 Å². The van der Waals surface area contributed by atoms with Gasteiger partial charge in [0.05, 0.1) is 11.0 Å². The van der Waals surface area contributed by atoms with Crippen molar-refractivity contribution in [2.24, 2.45) is 0 Å². The maximum Gasteiger partial charge on any atom is 0.247 e.